The van der Waals surface area contributed by atoms with E-state index in [-0.39, 0.29) is 10.8 Å². The van der Waals surface area contributed by atoms with Crippen molar-refractivity contribution in [2.75, 3.05) is 19.3 Å². The van der Waals surface area contributed by atoms with Crippen LogP contribution in [0.2, 0.25) is 0 Å². The van der Waals surface area contributed by atoms with E-state index in [1.54, 1.807) is 0 Å². The van der Waals surface area contributed by atoms with Crippen molar-refractivity contribution < 1.29 is 13.0 Å². The summed E-state index contributed by atoms with van der Waals surface area (Å²) in [5, 5.41) is 0. The van der Waals surface area contributed by atoms with E-state index in [1.165, 1.54) is 10.6 Å². The Morgan fingerprint density at radius 3 is 2.12 bits per heavy atom. The fraction of sp³-hybridized carbons (Fsp3) is 1.00. The second kappa shape index (κ2) is 5.44. The SMILES string of the molecule is CC(C)(C)[S+]([O-])NC1CCN(S(C)(=O)=O)CC1. The predicted octanol–water partition coefficient (Wildman–Crippen LogP) is 0.462. The summed E-state index contributed by atoms with van der Waals surface area (Å²) in [6, 6.07) is 0.146. The van der Waals surface area contributed by atoms with Crippen LogP contribution in [-0.2, 0) is 21.4 Å². The Labute approximate surface area is 107 Å². The topological polar surface area (TPSA) is 72.5 Å². The third-order valence-corrected chi connectivity index (χ3v) is 5.72. The van der Waals surface area contributed by atoms with Crippen LogP contribution in [0.5, 0.6) is 0 Å². The fourth-order valence-corrected chi connectivity index (χ4v) is 3.40. The zero-order chi connectivity index (χ0) is 13.3. The van der Waals surface area contributed by atoms with Gasteiger partial charge in [-0.25, -0.2) is 12.7 Å². The lowest BCUT2D eigenvalue weighted by molar-refractivity contribution is 0.309. The molecule has 0 aromatic heterocycles. The van der Waals surface area contributed by atoms with Gasteiger partial charge >= 0.3 is 0 Å². The van der Waals surface area contributed by atoms with Crippen LogP contribution in [0.15, 0.2) is 0 Å². The minimum absolute atomic E-state index is 0.146. The summed E-state index contributed by atoms with van der Waals surface area (Å²) >= 11 is -1.09. The van der Waals surface area contributed by atoms with Crippen molar-refractivity contribution in [3.63, 3.8) is 0 Å². The molecule has 0 radical (unpaired) electrons. The molecule has 0 amide bonds. The molecule has 0 aromatic carbocycles. The average Bonchev–Trinajstić information content (AvgIpc) is 2.15. The average molecular weight is 282 g/mol. The molecule has 1 unspecified atom stereocenters. The second-order valence-corrected chi connectivity index (χ2v) is 9.42. The molecular weight excluding hydrogens is 260 g/mol. The molecule has 1 heterocycles. The zero-order valence-electron chi connectivity index (χ0n) is 10.9. The Balaban J connectivity index is 2.43. The van der Waals surface area contributed by atoms with E-state index in [4.69, 9.17) is 0 Å². The van der Waals surface area contributed by atoms with Gasteiger partial charge in [0.25, 0.3) is 0 Å². The molecule has 0 bridgehead atoms. The normalized spacial score (nSPS) is 22.6. The van der Waals surface area contributed by atoms with Gasteiger partial charge in [-0.1, -0.05) is 0 Å². The van der Waals surface area contributed by atoms with E-state index >= 15 is 0 Å². The maximum atomic E-state index is 11.9. The molecule has 1 aliphatic heterocycles. The van der Waals surface area contributed by atoms with Crippen molar-refractivity contribution in [2.45, 2.75) is 44.4 Å². The quantitative estimate of drug-likeness (QED) is 0.763. The lowest BCUT2D eigenvalue weighted by atomic mass is 10.1. The summed E-state index contributed by atoms with van der Waals surface area (Å²) in [7, 11) is -3.08. The number of piperidine rings is 1. The maximum absolute atomic E-state index is 11.9. The summed E-state index contributed by atoms with van der Waals surface area (Å²) in [6.07, 6.45) is 2.66. The van der Waals surface area contributed by atoms with Gasteiger partial charge in [-0.15, -0.1) is 4.72 Å². The molecule has 1 fully saturated rings. The molecule has 1 N–H and O–H groups in total. The summed E-state index contributed by atoms with van der Waals surface area (Å²) in [4.78, 5) is 0. The van der Waals surface area contributed by atoms with Crippen molar-refractivity contribution in [3.05, 3.63) is 0 Å². The molecule has 0 spiro atoms. The summed E-state index contributed by atoms with van der Waals surface area (Å²) < 4.78 is 38.8. The molecule has 1 aliphatic rings. The summed E-state index contributed by atoms with van der Waals surface area (Å²) in [5.41, 5.74) is 0. The molecule has 0 aliphatic carbocycles. The minimum Gasteiger partial charge on any atom is -0.598 e. The van der Waals surface area contributed by atoms with Crippen molar-refractivity contribution in [1.82, 2.24) is 9.03 Å². The number of sulfonamides is 1. The van der Waals surface area contributed by atoms with Crippen LogP contribution in [0.4, 0.5) is 0 Å². The second-order valence-electron chi connectivity index (χ2n) is 5.44. The van der Waals surface area contributed by atoms with Gasteiger partial charge in [0.15, 0.2) is 0 Å². The maximum Gasteiger partial charge on any atom is 0.211 e. The standard InChI is InChI=1S/C10H22N2O3S2/c1-10(2,3)16(13)11-9-5-7-12(8-6-9)17(4,14)15/h9,11H,5-8H2,1-4H3. The van der Waals surface area contributed by atoms with Gasteiger partial charge in [0.1, 0.15) is 4.75 Å². The van der Waals surface area contributed by atoms with Gasteiger partial charge in [0.2, 0.25) is 10.0 Å². The van der Waals surface area contributed by atoms with Gasteiger partial charge in [-0.05, 0) is 33.6 Å². The van der Waals surface area contributed by atoms with Gasteiger partial charge in [0, 0.05) is 24.5 Å². The van der Waals surface area contributed by atoms with E-state index in [0.717, 1.165) is 12.8 Å². The summed E-state index contributed by atoms with van der Waals surface area (Å²) in [6.45, 7) is 6.78. The highest BCUT2D eigenvalue weighted by Crippen LogP contribution is 2.18. The Hall–Kier alpha value is 0.180. The molecule has 0 saturated carbocycles. The third-order valence-electron chi connectivity index (χ3n) is 2.75. The Morgan fingerprint density at radius 2 is 1.76 bits per heavy atom. The summed E-state index contributed by atoms with van der Waals surface area (Å²) in [5.74, 6) is 0. The highest BCUT2D eigenvalue weighted by atomic mass is 32.2. The van der Waals surface area contributed by atoms with Crippen molar-refractivity contribution >= 4 is 21.4 Å². The Kier molecular flexibility index (Phi) is 4.88. The highest BCUT2D eigenvalue weighted by Gasteiger charge is 2.32. The smallest absolute Gasteiger partial charge is 0.211 e. The fourth-order valence-electron chi connectivity index (χ4n) is 1.63. The minimum atomic E-state index is -3.08. The van der Waals surface area contributed by atoms with Crippen molar-refractivity contribution in [3.8, 4) is 0 Å². The first-order valence-electron chi connectivity index (χ1n) is 5.74. The molecule has 1 rings (SSSR count). The Bertz CT molecular complexity index is 343. The molecule has 1 saturated heterocycles. The van der Waals surface area contributed by atoms with Crippen molar-refractivity contribution in [1.29, 1.82) is 0 Å². The van der Waals surface area contributed by atoms with Gasteiger partial charge in [-0.3, -0.25) is 0 Å². The Morgan fingerprint density at radius 1 is 1.29 bits per heavy atom. The number of rotatable bonds is 3. The van der Waals surface area contributed by atoms with Crippen LogP contribution >= 0.6 is 0 Å². The van der Waals surface area contributed by atoms with E-state index < -0.39 is 21.4 Å². The molecule has 102 valence electrons. The highest BCUT2D eigenvalue weighted by molar-refractivity contribution is 7.90. The van der Waals surface area contributed by atoms with Crippen LogP contribution in [0, 0.1) is 0 Å². The van der Waals surface area contributed by atoms with Gasteiger partial charge in [-0.2, -0.15) is 0 Å². The number of nitrogens with one attached hydrogen (secondary N) is 1. The van der Waals surface area contributed by atoms with Crippen LogP contribution in [0.25, 0.3) is 0 Å². The lowest BCUT2D eigenvalue weighted by Gasteiger charge is -2.33. The van der Waals surface area contributed by atoms with E-state index in [9.17, 15) is 13.0 Å². The van der Waals surface area contributed by atoms with Crippen LogP contribution in [0.1, 0.15) is 33.6 Å². The molecule has 1 atom stereocenters. The number of hydrogen-bond donors (Lipinski definition) is 1. The van der Waals surface area contributed by atoms with E-state index in [2.05, 4.69) is 4.72 Å². The van der Waals surface area contributed by atoms with Crippen LogP contribution in [-0.4, -0.2) is 47.4 Å². The first-order valence-corrected chi connectivity index (χ1v) is 8.73. The number of nitrogens with zero attached hydrogens (tertiary/aromatic N) is 1. The predicted molar refractivity (Wildman–Crippen MR) is 70.5 cm³/mol. The first kappa shape index (κ1) is 15.2. The largest absolute Gasteiger partial charge is 0.598 e. The molecule has 0 aromatic rings. The van der Waals surface area contributed by atoms with Crippen LogP contribution in [0.3, 0.4) is 0 Å². The molecular formula is C10H22N2O3S2. The first-order chi connectivity index (χ1) is 7.60. The van der Waals surface area contributed by atoms with E-state index in [0.29, 0.717) is 13.1 Å². The van der Waals surface area contributed by atoms with E-state index in [1.807, 2.05) is 20.8 Å². The van der Waals surface area contributed by atoms with Crippen molar-refractivity contribution in [2.24, 2.45) is 0 Å². The monoisotopic (exact) mass is 282 g/mol. The van der Waals surface area contributed by atoms with Gasteiger partial charge < -0.3 is 4.55 Å². The molecule has 7 heteroatoms. The zero-order valence-corrected chi connectivity index (χ0v) is 12.5. The lowest BCUT2D eigenvalue weighted by Crippen LogP contribution is -2.50. The number of hydrogen-bond acceptors (Lipinski definition) is 4. The molecule has 5 nitrogen and oxygen atoms in total. The third kappa shape index (κ3) is 4.75. The molecule has 17 heavy (non-hydrogen) atoms. The van der Waals surface area contributed by atoms with Crippen LogP contribution < -0.4 is 4.72 Å². The van der Waals surface area contributed by atoms with Gasteiger partial charge in [0.05, 0.1) is 12.3 Å².